The number of aliphatic hydroxyl groups excluding tert-OH is 1. The van der Waals surface area contributed by atoms with Crippen molar-refractivity contribution >= 4 is 0 Å². The Morgan fingerprint density at radius 3 is 2.59 bits per heavy atom. The van der Waals surface area contributed by atoms with Gasteiger partial charge in [-0.3, -0.25) is 4.90 Å². The van der Waals surface area contributed by atoms with Crippen LogP contribution in [0.2, 0.25) is 0 Å². The van der Waals surface area contributed by atoms with E-state index in [2.05, 4.69) is 24.1 Å². The fraction of sp³-hybridized carbons (Fsp3) is 1.00. The first-order valence-corrected chi connectivity index (χ1v) is 7.25. The summed E-state index contributed by atoms with van der Waals surface area (Å²) in [7, 11) is 0. The molecule has 0 amide bonds. The van der Waals surface area contributed by atoms with Crippen molar-refractivity contribution in [3.05, 3.63) is 0 Å². The fourth-order valence-electron chi connectivity index (χ4n) is 3.77. The van der Waals surface area contributed by atoms with Crippen LogP contribution in [0.25, 0.3) is 0 Å². The van der Waals surface area contributed by atoms with Crippen LogP contribution in [0.1, 0.15) is 52.4 Å². The summed E-state index contributed by atoms with van der Waals surface area (Å²) < 4.78 is 0. The number of hydrogen-bond donors (Lipinski definition) is 2. The van der Waals surface area contributed by atoms with Crippen LogP contribution in [0.3, 0.4) is 0 Å². The van der Waals surface area contributed by atoms with Gasteiger partial charge in [0.1, 0.15) is 0 Å². The molecule has 2 N–H and O–H groups in total. The molecule has 0 bridgehead atoms. The van der Waals surface area contributed by atoms with E-state index in [9.17, 15) is 5.11 Å². The Balaban J connectivity index is 2.09. The van der Waals surface area contributed by atoms with Crippen molar-refractivity contribution in [2.45, 2.75) is 70.0 Å². The molecule has 1 saturated carbocycles. The number of aliphatic hydroxyl groups is 1. The Hall–Kier alpha value is -0.120. The van der Waals surface area contributed by atoms with Gasteiger partial charge in [0.05, 0.1) is 0 Å². The molecule has 1 atom stereocenters. The Labute approximate surface area is 106 Å². The molecule has 3 heteroatoms. The molecule has 0 aromatic rings. The Bertz CT molecular complexity index is 226. The summed E-state index contributed by atoms with van der Waals surface area (Å²) in [5.74, 6) is 0. The lowest BCUT2D eigenvalue weighted by atomic mass is 9.86. The fourth-order valence-corrected chi connectivity index (χ4v) is 3.77. The van der Waals surface area contributed by atoms with Gasteiger partial charge in [0.15, 0.2) is 0 Å². The summed E-state index contributed by atoms with van der Waals surface area (Å²) >= 11 is 0. The summed E-state index contributed by atoms with van der Waals surface area (Å²) in [6.45, 7) is 7.12. The van der Waals surface area contributed by atoms with Gasteiger partial charge in [0, 0.05) is 37.3 Å². The van der Waals surface area contributed by atoms with E-state index in [1.165, 1.54) is 32.1 Å². The molecule has 0 aromatic carbocycles. The normalized spacial score (nSPS) is 31.6. The largest absolute Gasteiger partial charge is 0.396 e. The molecule has 2 fully saturated rings. The Morgan fingerprint density at radius 2 is 1.94 bits per heavy atom. The first kappa shape index (κ1) is 13.3. The molecule has 1 unspecified atom stereocenters. The van der Waals surface area contributed by atoms with Gasteiger partial charge >= 0.3 is 0 Å². The van der Waals surface area contributed by atoms with E-state index in [1.807, 2.05) is 0 Å². The van der Waals surface area contributed by atoms with Crippen molar-refractivity contribution < 1.29 is 5.11 Å². The van der Waals surface area contributed by atoms with Gasteiger partial charge in [-0.05, 0) is 33.1 Å². The van der Waals surface area contributed by atoms with Crippen molar-refractivity contribution in [1.29, 1.82) is 0 Å². The number of nitrogens with zero attached hydrogens (tertiary/aromatic N) is 1. The molecule has 2 rings (SSSR count). The van der Waals surface area contributed by atoms with Gasteiger partial charge in [-0.25, -0.2) is 0 Å². The van der Waals surface area contributed by atoms with Gasteiger partial charge in [0.2, 0.25) is 0 Å². The standard InChI is InChI=1S/C14H28N2O/c1-14(2)11-15-10-13(8-9-17)16(14)12-6-4-3-5-7-12/h12-13,15,17H,3-11H2,1-2H3. The zero-order valence-corrected chi connectivity index (χ0v) is 11.4. The maximum absolute atomic E-state index is 9.25. The van der Waals surface area contributed by atoms with Gasteiger partial charge in [0.25, 0.3) is 0 Å². The summed E-state index contributed by atoms with van der Waals surface area (Å²) in [6, 6.07) is 1.27. The maximum atomic E-state index is 9.25. The van der Waals surface area contributed by atoms with E-state index in [0.717, 1.165) is 25.6 Å². The highest BCUT2D eigenvalue weighted by Crippen LogP contribution is 2.32. The summed E-state index contributed by atoms with van der Waals surface area (Å²) in [6.07, 6.45) is 7.80. The predicted molar refractivity (Wildman–Crippen MR) is 71.2 cm³/mol. The molecular weight excluding hydrogens is 212 g/mol. The minimum Gasteiger partial charge on any atom is -0.396 e. The van der Waals surface area contributed by atoms with Crippen molar-refractivity contribution in [1.82, 2.24) is 10.2 Å². The summed E-state index contributed by atoms with van der Waals surface area (Å²) in [5, 5.41) is 12.8. The first-order chi connectivity index (χ1) is 8.15. The average Bonchev–Trinajstić information content (AvgIpc) is 2.29. The number of hydrogen-bond acceptors (Lipinski definition) is 3. The summed E-state index contributed by atoms with van der Waals surface area (Å²) in [4.78, 5) is 2.72. The van der Waals surface area contributed by atoms with Crippen LogP contribution in [0.5, 0.6) is 0 Å². The second-order valence-electron chi connectivity index (χ2n) is 6.31. The number of nitrogens with one attached hydrogen (secondary N) is 1. The lowest BCUT2D eigenvalue weighted by Crippen LogP contribution is -2.66. The van der Waals surface area contributed by atoms with E-state index in [1.54, 1.807) is 0 Å². The molecule has 1 aliphatic carbocycles. The van der Waals surface area contributed by atoms with Crippen molar-refractivity contribution in [2.75, 3.05) is 19.7 Å². The smallest absolute Gasteiger partial charge is 0.0446 e. The third kappa shape index (κ3) is 3.01. The second kappa shape index (κ2) is 5.68. The van der Waals surface area contributed by atoms with Crippen LogP contribution in [0.15, 0.2) is 0 Å². The molecule has 1 aliphatic heterocycles. The quantitative estimate of drug-likeness (QED) is 0.789. The highest BCUT2D eigenvalue weighted by atomic mass is 16.3. The molecule has 0 aromatic heterocycles. The molecule has 2 aliphatic rings. The van der Waals surface area contributed by atoms with Gasteiger partial charge < -0.3 is 10.4 Å². The number of rotatable bonds is 3. The molecule has 1 heterocycles. The van der Waals surface area contributed by atoms with E-state index >= 15 is 0 Å². The molecule has 100 valence electrons. The Kier molecular flexibility index (Phi) is 4.45. The molecule has 0 spiro atoms. The van der Waals surface area contributed by atoms with E-state index in [0.29, 0.717) is 12.6 Å². The van der Waals surface area contributed by atoms with Crippen LogP contribution in [0, 0.1) is 0 Å². The average molecular weight is 240 g/mol. The lowest BCUT2D eigenvalue weighted by molar-refractivity contribution is -0.0241. The molecular formula is C14H28N2O. The van der Waals surface area contributed by atoms with Crippen molar-refractivity contribution in [3.63, 3.8) is 0 Å². The van der Waals surface area contributed by atoms with Gasteiger partial charge in [-0.1, -0.05) is 19.3 Å². The first-order valence-electron chi connectivity index (χ1n) is 7.25. The van der Waals surface area contributed by atoms with E-state index < -0.39 is 0 Å². The SMILES string of the molecule is CC1(C)CNCC(CCO)N1C1CCCCC1. The van der Waals surface area contributed by atoms with E-state index in [4.69, 9.17) is 0 Å². The minimum atomic E-state index is 0.236. The van der Waals surface area contributed by atoms with Crippen LogP contribution in [-0.4, -0.2) is 47.3 Å². The van der Waals surface area contributed by atoms with Gasteiger partial charge in [-0.2, -0.15) is 0 Å². The second-order valence-corrected chi connectivity index (χ2v) is 6.31. The van der Waals surface area contributed by atoms with Gasteiger partial charge in [-0.15, -0.1) is 0 Å². The van der Waals surface area contributed by atoms with Crippen LogP contribution in [-0.2, 0) is 0 Å². The molecule has 0 radical (unpaired) electrons. The van der Waals surface area contributed by atoms with E-state index in [-0.39, 0.29) is 5.54 Å². The lowest BCUT2D eigenvalue weighted by Gasteiger charge is -2.53. The minimum absolute atomic E-state index is 0.236. The zero-order valence-electron chi connectivity index (χ0n) is 11.4. The van der Waals surface area contributed by atoms with Crippen LogP contribution >= 0.6 is 0 Å². The van der Waals surface area contributed by atoms with Crippen molar-refractivity contribution in [3.8, 4) is 0 Å². The van der Waals surface area contributed by atoms with Crippen LogP contribution in [0.4, 0.5) is 0 Å². The zero-order chi connectivity index (χ0) is 12.3. The van der Waals surface area contributed by atoms with Crippen molar-refractivity contribution in [2.24, 2.45) is 0 Å². The highest BCUT2D eigenvalue weighted by Gasteiger charge is 2.40. The third-order valence-corrected chi connectivity index (χ3v) is 4.46. The monoisotopic (exact) mass is 240 g/mol. The highest BCUT2D eigenvalue weighted by molar-refractivity contribution is 4.98. The van der Waals surface area contributed by atoms with Crippen LogP contribution < -0.4 is 5.32 Å². The predicted octanol–water partition coefficient (Wildman–Crippen LogP) is 1.75. The Morgan fingerprint density at radius 1 is 1.24 bits per heavy atom. The number of piperazine rings is 1. The molecule has 1 saturated heterocycles. The topological polar surface area (TPSA) is 35.5 Å². The maximum Gasteiger partial charge on any atom is 0.0446 e. The third-order valence-electron chi connectivity index (χ3n) is 4.46. The molecule has 17 heavy (non-hydrogen) atoms. The molecule has 3 nitrogen and oxygen atoms in total. The summed E-state index contributed by atoms with van der Waals surface area (Å²) in [5.41, 5.74) is 0.236.